The summed E-state index contributed by atoms with van der Waals surface area (Å²) in [5, 5.41) is 0. The summed E-state index contributed by atoms with van der Waals surface area (Å²) in [6.45, 7) is 3.09. The van der Waals surface area contributed by atoms with Crippen molar-refractivity contribution < 1.29 is 9.47 Å². The van der Waals surface area contributed by atoms with Crippen LogP contribution in [0.2, 0.25) is 0 Å². The summed E-state index contributed by atoms with van der Waals surface area (Å²) in [5.41, 5.74) is 1.38. The molecule has 0 saturated heterocycles. The highest BCUT2D eigenvalue weighted by Gasteiger charge is 1.99. The van der Waals surface area contributed by atoms with Crippen molar-refractivity contribution in [3.8, 4) is 5.75 Å². The van der Waals surface area contributed by atoms with Crippen LogP contribution in [0.25, 0.3) is 0 Å². The molecule has 1 aromatic carbocycles. The van der Waals surface area contributed by atoms with Gasteiger partial charge in [0.15, 0.2) is 0 Å². The Labute approximate surface area is 111 Å². The van der Waals surface area contributed by atoms with Crippen LogP contribution in [0.3, 0.4) is 0 Å². The Morgan fingerprint density at radius 1 is 1.00 bits per heavy atom. The normalized spacial score (nSPS) is 10.9. The lowest BCUT2D eigenvalue weighted by Crippen LogP contribution is -2.22. The van der Waals surface area contributed by atoms with Gasteiger partial charge in [0.05, 0.1) is 7.11 Å². The van der Waals surface area contributed by atoms with Crippen molar-refractivity contribution in [2.24, 2.45) is 0 Å². The lowest BCUT2D eigenvalue weighted by molar-refractivity contribution is 0.179. The van der Waals surface area contributed by atoms with E-state index in [1.807, 2.05) is 12.1 Å². The minimum absolute atomic E-state index is 0.850. The van der Waals surface area contributed by atoms with E-state index in [-0.39, 0.29) is 0 Å². The molecule has 0 aliphatic heterocycles. The zero-order valence-corrected chi connectivity index (χ0v) is 11.8. The molecule has 0 atom stereocenters. The number of methoxy groups -OCH3 is 2. The van der Waals surface area contributed by atoms with E-state index in [0.717, 1.165) is 38.3 Å². The van der Waals surface area contributed by atoms with Gasteiger partial charge < -0.3 is 14.4 Å². The Morgan fingerprint density at radius 2 is 1.67 bits per heavy atom. The molecular weight excluding hydrogens is 226 g/mol. The first kappa shape index (κ1) is 15.0. The molecule has 0 heterocycles. The van der Waals surface area contributed by atoms with Crippen molar-refractivity contribution in [1.29, 1.82) is 0 Å². The summed E-state index contributed by atoms with van der Waals surface area (Å²) < 4.78 is 10.2. The Kier molecular flexibility index (Phi) is 7.46. The van der Waals surface area contributed by atoms with Crippen LogP contribution in [-0.2, 0) is 11.2 Å². The maximum atomic E-state index is 5.15. The second-order valence-corrected chi connectivity index (χ2v) is 4.60. The molecule has 0 aliphatic rings. The molecule has 0 aliphatic carbocycles. The summed E-state index contributed by atoms with van der Waals surface area (Å²) in [5.74, 6) is 0.926. The molecule has 0 N–H and O–H groups in total. The molecule has 1 rings (SSSR count). The van der Waals surface area contributed by atoms with Gasteiger partial charge in [0.25, 0.3) is 0 Å². The molecule has 1 aromatic rings. The lowest BCUT2D eigenvalue weighted by Gasteiger charge is -2.16. The number of ether oxygens (including phenoxy) is 2. The van der Waals surface area contributed by atoms with E-state index in [9.17, 15) is 0 Å². The molecule has 102 valence electrons. The van der Waals surface area contributed by atoms with Gasteiger partial charge in [-0.3, -0.25) is 0 Å². The predicted octanol–water partition coefficient (Wildman–Crippen LogP) is 2.60. The molecule has 0 fully saturated rings. The predicted molar refractivity (Wildman–Crippen MR) is 75.3 cm³/mol. The third kappa shape index (κ3) is 6.03. The maximum Gasteiger partial charge on any atom is 0.118 e. The topological polar surface area (TPSA) is 21.7 Å². The second kappa shape index (κ2) is 8.95. The van der Waals surface area contributed by atoms with Crippen molar-refractivity contribution in [1.82, 2.24) is 4.90 Å². The van der Waals surface area contributed by atoms with Crippen molar-refractivity contribution in [2.75, 3.05) is 41.0 Å². The Hall–Kier alpha value is -1.06. The lowest BCUT2D eigenvalue weighted by atomic mass is 10.1. The highest BCUT2D eigenvalue weighted by atomic mass is 16.5. The quantitative estimate of drug-likeness (QED) is 0.630. The Bertz CT molecular complexity index is 311. The molecule has 0 amide bonds. The first-order valence-corrected chi connectivity index (χ1v) is 6.56. The highest BCUT2D eigenvalue weighted by molar-refractivity contribution is 5.27. The van der Waals surface area contributed by atoms with Gasteiger partial charge in [-0.1, -0.05) is 12.1 Å². The zero-order chi connectivity index (χ0) is 13.2. The highest BCUT2D eigenvalue weighted by Crippen LogP contribution is 2.12. The maximum absolute atomic E-state index is 5.15. The number of hydrogen-bond donors (Lipinski definition) is 0. The van der Waals surface area contributed by atoms with Gasteiger partial charge >= 0.3 is 0 Å². The third-order valence-electron chi connectivity index (χ3n) is 3.05. The average molecular weight is 251 g/mol. The van der Waals surface area contributed by atoms with Gasteiger partial charge in [-0.15, -0.1) is 0 Å². The average Bonchev–Trinajstić information content (AvgIpc) is 2.40. The van der Waals surface area contributed by atoms with E-state index in [0.29, 0.717) is 0 Å². The van der Waals surface area contributed by atoms with E-state index >= 15 is 0 Å². The van der Waals surface area contributed by atoms with Crippen LogP contribution in [0, 0.1) is 0 Å². The molecule has 0 aromatic heterocycles. The number of hydrogen-bond acceptors (Lipinski definition) is 3. The van der Waals surface area contributed by atoms with E-state index in [2.05, 4.69) is 24.1 Å². The van der Waals surface area contributed by atoms with E-state index in [4.69, 9.17) is 9.47 Å². The van der Waals surface area contributed by atoms with Gasteiger partial charge in [-0.25, -0.2) is 0 Å². The van der Waals surface area contributed by atoms with Crippen molar-refractivity contribution in [3.63, 3.8) is 0 Å². The monoisotopic (exact) mass is 251 g/mol. The number of aryl methyl sites for hydroxylation is 1. The van der Waals surface area contributed by atoms with E-state index in [1.54, 1.807) is 14.2 Å². The third-order valence-corrected chi connectivity index (χ3v) is 3.05. The van der Waals surface area contributed by atoms with Crippen LogP contribution in [0.5, 0.6) is 5.75 Å². The zero-order valence-electron chi connectivity index (χ0n) is 11.8. The summed E-state index contributed by atoms with van der Waals surface area (Å²) in [7, 11) is 5.62. The van der Waals surface area contributed by atoms with Crippen LogP contribution < -0.4 is 4.74 Å². The van der Waals surface area contributed by atoms with Crippen LogP contribution in [-0.4, -0.2) is 45.9 Å². The van der Waals surface area contributed by atoms with Gasteiger partial charge in [0.2, 0.25) is 0 Å². The summed E-state index contributed by atoms with van der Waals surface area (Å²) in [6.07, 6.45) is 3.42. The first-order chi connectivity index (χ1) is 8.76. The smallest absolute Gasteiger partial charge is 0.118 e. The van der Waals surface area contributed by atoms with Crippen LogP contribution in [0.4, 0.5) is 0 Å². The number of nitrogens with zero attached hydrogens (tertiary/aromatic N) is 1. The minimum Gasteiger partial charge on any atom is -0.497 e. The fourth-order valence-corrected chi connectivity index (χ4v) is 1.94. The molecule has 3 heteroatoms. The van der Waals surface area contributed by atoms with Gasteiger partial charge in [0.1, 0.15) is 5.75 Å². The number of rotatable bonds is 9. The molecule has 0 bridgehead atoms. The van der Waals surface area contributed by atoms with Crippen molar-refractivity contribution in [2.45, 2.75) is 19.3 Å². The van der Waals surface area contributed by atoms with Crippen molar-refractivity contribution in [3.05, 3.63) is 29.8 Å². The SMILES string of the molecule is COCCCN(C)CCCc1ccc(OC)cc1. The summed E-state index contributed by atoms with van der Waals surface area (Å²) in [6, 6.07) is 8.34. The fraction of sp³-hybridized carbons (Fsp3) is 0.600. The van der Waals surface area contributed by atoms with E-state index < -0.39 is 0 Å². The summed E-state index contributed by atoms with van der Waals surface area (Å²) in [4.78, 5) is 2.36. The van der Waals surface area contributed by atoms with Crippen molar-refractivity contribution >= 4 is 0 Å². The molecule has 0 unspecified atom stereocenters. The molecule has 0 saturated carbocycles. The van der Waals surface area contributed by atoms with Gasteiger partial charge in [0, 0.05) is 20.3 Å². The van der Waals surface area contributed by atoms with Gasteiger partial charge in [-0.05, 0) is 50.6 Å². The molecule has 3 nitrogen and oxygen atoms in total. The van der Waals surface area contributed by atoms with Crippen LogP contribution >= 0.6 is 0 Å². The first-order valence-electron chi connectivity index (χ1n) is 6.56. The standard InChI is InChI=1S/C15H25NO2/c1-16(12-5-13-17-2)11-4-6-14-7-9-15(18-3)10-8-14/h7-10H,4-6,11-13H2,1-3H3. The Balaban J connectivity index is 2.16. The van der Waals surface area contributed by atoms with Crippen LogP contribution in [0.15, 0.2) is 24.3 Å². The molecule has 18 heavy (non-hydrogen) atoms. The largest absolute Gasteiger partial charge is 0.497 e. The van der Waals surface area contributed by atoms with E-state index in [1.165, 1.54) is 12.0 Å². The Morgan fingerprint density at radius 3 is 2.28 bits per heavy atom. The number of benzene rings is 1. The molecule has 0 spiro atoms. The fourth-order valence-electron chi connectivity index (χ4n) is 1.94. The minimum atomic E-state index is 0.850. The second-order valence-electron chi connectivity index (χ2n) is 4.60. The van der Waals surface area contributed by atoms with Gasteiger partial charge in [-0.2, -0.15) is 0 Å². The summed E-state index contributed by atoms with van der Waals surface area (Å²) >= 11 is 0. The molecule has 0 radical (unpaired) electrons. The molecular formula is C15H25NO2. The van der Waals surface area contributed by atoms with Crippen LogP contribution in [0.1, 0.15) is 18.4 Å².